The number of nitrogens with one attached hydrogen (secondary N) is 2. The van der Waals surface area contributed by atoms with Gasteiger partial charge in [-0.05, 0) is 54.4 Å². The van der Waals surface area contributed by atoms with Gasteiger partial charge in [0.25, 0.3) is 5.91 Å². The van der Waals surface area contributed by atoms with Crippen molar-refractivity contribution in [3.05, 3.63) is 48.0 Å². The Balaban J connectivity index is 1.51. The highest BCUT2D eigenvalue weighted by Crippen LogP contribution is 2.28. The third-order valence-electron chi connectivity index (χ3n) is 5.09. The van der Waals surface area contributed by atoms with E-state index in [1.54, 1.807) is 0 Å². The summed E-state index contributed by atoms with van der Waals surface area (Å²) in [4.78, 5) is 23.1. The van der Waals surface area contributed by atoms with Gasteiger partial charge >= 0.3 is 6.09 Å². The molecule has 0 atom stereocenters. The second-order valence-electron chi connectivity index (χ2n) is 6.81. The number of benzene rings is 2. The highest BCUT2D eigenvalue weighted by molar-refractivity contribution is 6.06. The first kappa shape index (κ1) is 17.3. The number of carbonyl (C=O) groups excluding carboxylic acids is 1. The summed E-state index contributed by atoms with van der Waals surface area (Å²) in [6.07, 6.45) is 3.12. The minimum atomic E-state index is -0.954. The quantitative estimate of drug-likeness (QED) is 0.777. The maximum absolute atomic E-state index is 12.6. The molecule has 0 bridgehead atoms. The third-order valence-corrected chi connectivity index (χ3v) is 5.09. The van der Waals surface area contributed by atoms with Crippen LogP contribution >= 0.6 is 0 Å². The van der Waals surface area contributed by atoms with Crippen LogP contribution in [0.4, 0.5) is 4.79 Å². The first-order valence-corrected chi connectivity index (χ1v) is 8.86. The lowest BCUT2D eigenvalue weighted by Gasteiger charge is -2.28. The molecule has 1 aliphatic carbocycles. The largest absolute Gasteiger partial charge is 0.465 e. The summed E-state index contributed by atoms with van der Waals surface area (Å²) in [7, 11) is 0. The van der Waals surface area contributed by atoms with Gasteiger partial charge < -0.3 is 15.7 Å². The van der Waals surface area contributed by atoms with Crippen molar-refractivity contribution in [1.29, 1.82) is 0 Å². The number of hydrogen-bond donors (Lipinski definition) is 3. The molecule has 3 rings (SSSR count). The predicted molar refractivity (Wildman–Crippen MR) is 97.8 cm³/mol. The minimum absolute atomic E-state index is 0.0218. The van der Waals surface area contributed by atoms with E-state index in [4.69, 9.17) is 5.11 Å². The first-order valence-electron chi connectivity index (χ1n) is 8.86. The van der Waals surface area contributed by atoms with E-state index in [2.05, 4.69) is 10.6 Å². The smallest absolute Gasteiger partial charge is 0.404 e. The Kier molecular flexibility index (Phi) is 5.53. The van der Waals surface area contributed by atoms with Gasteiger partial charge in [0, 0.05) is 18.7 Å². The molecule has 5 heteroatoms. The van der Waals surface area contributed by atoms with Crippen LogP contribution in [0.3, 0.4) is 0 Å². The average molecular weight is 340 g/mol. The molecule has 132 valence electrons. The van der Waals surface area contributed by atoms with Crippen LogP contribution in [0.15, 0.2) is 42.5 Å². The van der Waals surface area contributed by atoms with Crippen LogP contribution in [-0.2, 0) is 0 Å². The highest BCUT2D eigenvalue weighted by Gasteiger charge is 2.22. The number of hydrogen-bond acceptors (Lipinski definition) is 2. The number of carbonyl (C=O) groups is 2. The zero-order chi connectivity index (χ0) is 17.6. The summed E-state index contributed by atoms with van der Waals surface area (Å²) in [6.45, 7) is 1.21. The molecule has 5 nitrogen and oxygen atoms in total. The number of amides is 2. The van der Waals surface area contributed by atoms with Gasteiger partial charge in [-0.2, -0.15) is 0 Å². The van der Waals surface area contributed by atoms with E-state index in [0.29, 0.717) is 24.9 Å². The first-order chi connectivity index (χ1) is 12.1. The van der Waals surface area contributed by atoms with Crippen molar-refractivity contribution in [3.63, 3.8) is 0 Å². The maximum Gasteiger partial charge on any atom is 0.404 e. The summed E-state index contributed by atoms with van der Waals surface area (Å²) in [5, 5.41) is 16.3. The van der Waals surface area contributed by atoms with Gasteiger partial charge in [0.15, 0.2) is 0 Å². The number of fused-ring (bicyclic) bond motifs is 1. The fourth-order valence-electron chi connectivity index (χ4n) is 3.63. The number of carboxylic acid groups (broad SMARTS) is 1. The van der Waals surface area contributed by atoms with E-state index in [9.17, 15) is 9.59 Å². The fourth-order valence-corrected chi connectivity index (χ4v) is 3.63. The second-order valence-corrected chi connectivity index (χ2v) is 6.81. The van der Waals surface area contributed by atoms with Crippen LogP contribution in [0.5, 0.6) is 0 Å². The van der Waals surface area contributed by atoms with Gasteiger partial charge in [-0.15, -0.1) is 0 Å². The summed E-state index contributed by atoms with van der Waals surface area (Å²) in [5.41, 5.74) is 0.720. The predicted octanol–water partition coefficient (Wildman–Crippen LogP) is 3.64. The van der Waals surface area contributed by atoms with E-state index in [1.165, 1.54) is 0 Å². The fraction of sp³-hybridized carbons (Fsp3) is 0.400. The molecule has 0 spiro atoms. The van der Waals surface area contributed by atoms with E-state index in [-0.39, 0.29) is 5.91 Å². The Hall–Kier alpha value is -2.56. The van der Waals surface area contributed by atoms with Gasteiger partial charge in [0.1, 0.15) is 0 Å². The Morgan fingerprint density at radius 1 is 0.880 bits per heavy atom. The van der Waals surface area contributed by atoms with E-state index < -0.39 is 6.09 Å². The molecule has 2 amide bonds. The standard InChI is InChI=1S/C20H24N2O3/c23-19(18-7-3-5-16-4-1-2-6-17(16)18)21-12-14-8-10-15(11-9-14)13-22-20(24)25/h1-7,14-15,22H,8-13H2,(H,21,23)(H,24,25). The molecule has 25 heavy (non-hydrogen) atoms. The lowest BCUT2D eigenvalue weighted by atomic mass is 9.82. The Bertz CT molecular complexity index is 746. The van der Waals surface area contributed by atoms with Crippen LogP contribution in [-0.4, -0.2) is 30.2 Å². The second kappa shape index (κ2) is 8.01. The van der Waals surface area contributed by atoms with Crippen molar-refractivity contribution in [2.24, 2.45) is 11.8 Å². The summed E-state index contributed by atoms with van der Waals surface area (Å²) >= 11 is 0. The third kappa shape index (κ3) is 4.50. The van der Waals surface area contributed by atoms with Crippen LogP contribution in [0.2, 0.25) is 0 Å². The van der Waals surface area contributed by atoms with Crippen molar-refractivity contribution in [2.45, 2.75) is 25.7 Å². The Morgan fingerprint density at radius 3 is 2.16 bits per heavy atom. The maximum atomic E-state index is 12.6. The van der Waals surface area contributed by atoms with Crippen LogP contribution in [0.25, 0.3) is 10.8 Å². The molecule has 3 N–H and O–H groups in total. The van der Waals surface area contributed by atoms with E-state index >= 15 is 0 Å². The van der Waals surface area contributed by atoms with Crippen molar-refractivity contribution in [1.82, 2.24) is 10.6 Å². The lowest BCUT2D eigenvalue weighted by Crippen LogP contribution is -2.34. The number of rotatable bonds is 5. The molecule has 0 aromatic heterocycles. The topological polar surface area (TPSA) is 78.4 Å². The van der Waals surface area contributed by atoms with E-state index in [0.717, 1.165) is 42.0 Å². The average Bonchev–Trinajstić information content (AvgIpc) is 2.64. The van der Waals surface area contributed by atoms with Gasteiger partial charge in [-0.1, -0.05) is 36.4 Å². The molecule has 1 aliphatic rings. The molecule has 0 aliphatic heterocycles. The molecule has 2 aromatic carbocycles. The molecular formula is C20H24N2O3. The SMILES string of the molecule is O=C(O)NCC1CCC(CNC(=O)c2cccc3ccccc23)CC1. The van der Waals surface area contributed by atoms with Crippen molar-refractivity contribution in [3.8, 4) is 0 Å². The monoisotopic (exact) mass is 340 g/mol. The lowest BCUT2D eigenvalue weighted by molar-refractivity contribution is 0.0942. The van der Waals surface area contributed by atoms with Crippen molar-refractivity contribution in [2.75, 3.05) is 13.1 Å². The van der Waals surface area contributed by atoms with Crippen molar-refractivity contribution >= 4 is 22.8 Å². The van der Waals surface area contributed by atoms with Crippen LogP contribution < -0.4 is 10.6 Å². The molecule has 1 fully saturated rings. The minimum Gasteiger partial charge on any atom is -0.465 e. The van der Waals surface area contributed by atoms with Gasteiger partial charge in [-0.3, -0.25) is 4.79 Å². The van der Waals surface area contributed by atoms with Gasteiger partial charge in [0.2, 0.25) is 0 Å². The molecular weight excluding hydrogens is 316 g/mol. The molecule has 0 heterocycles. The highest BCUT2D eigenvalue weighted by atomic mass is 16.4. The van der Waals surface area contributed by atoms with E-state index in [1.807, 2.05) is 42.5 Å². The molecule has 0 saturated heterocycles. The molecule has 0 unspecified atom stereocenters. The normalized spacial score (nSPS) is 20.2. The molecule has 0 radical (unpaired) electrons. The summed E-state index contributed by atoms with van der Waals surface area (Å²) in [5.74, 6) is 0.868. The zero-order valence-electron chi connectivity index (χ0n) is 14.2. The van der Waals surface area contributed by atoms with Crippen LogP contribution in [0, 0.1) is 11.8 Å². The zero-order valence-corrected chi connectivity index (χ0v) is 14.2. The molecule has 1 saturated carbocycles. The summed E-state index contributed by atoms with van der Waals surface area (Å²) < 4.78 is 0. The van der Waals surface area contributed by atoms with Gasteiger partial charge in [-0.25, -0.2) is 4.79 Å². The summed E-state index contributed by atoms with van der Waals surface area (Å²) in [6, 6.07) is 13.7. The molecule has 2 aromatic rings. The Labute approximate surface area is 147 Å². The Morgan fingerprint density at radius 2 is 1.48 bits per heavy atom. The van der Waals surface area contributed by atoms with Crippen LogP contribution in [0.1, 0.15) is 36.0 Å². The van der Waals surface area contributed by atoms with Crippen molar-refractivity contribution < 1.29 is 14.7 Å². The van der Waals surface area contributed by atoms with Gasteiger partial charge in [0.05, 0.1) is 0 Å².